The van der Waals surface area contributed by atoms with Gasteiger partial charge in [-0.1, -0.05) is 34.1 Å². The molecule has 0 spiro atoms. The smallest absolute Gasteiger partial charge is 0.227 e. The SMILES string of the molecule is Cc1nnc2ccc(N3CC(N(C)C(=O)Cc4ccccc4Br)C3)nn12. The molecule has 2 aromatic heterocycles. The predicted octanol–water partition coefficient (Wildman–Crippen LogP) is 2.08. The molecule has 0 bridgehead atoms. The number of amides is 1. The minimum Gasteiger partial charge on any atom is -0.351 e. The lowest BCUT2D eigenvalue weighted by Crippen LogP contribution is -2.60. The van der Waals surface area contributed by atoms with Gasteiger partial charge in [0.25, 0.3) is 0 Å². The number of fused-ring (bicyclic) bond motifs is 1. The number of rotatable bonds is 4. The van der Waals surface area contributed by atoms with Gasteiger partial charge in [0, 0.05) is 24.6 Å². The minimum absolute atomic E-state index is 0.125. The van der Waals surface area contributed by atoms with Gasteiger partial charge in [0.05, 0.1) is 12.5 Å². The number of carbonyl (C=O) groups is 1. The zero-order chi connectivity index (χ0) is 18.3. The Hall–Kier alpha value is -2.48. The molecule has 1 aliphatic heterocycles. The summed E-state index contributed by atoms with van der Waals surface area (Å²) in [6.45, 7) is 3.43. The van der Waals surface area contributed by atoms with Gasteiger partial charge in [-0.2, -0.15) is 4.52 Å². The fourth-order valence-electron chi connectivity index (χ4n) is 3.08. The predicted molar refractivity (Wildman–Crippen MR) is 102 cm³/mol. The van der Waals surface area contributed by atoms with E-state index >= 15 is 0 Å². The van der Waals surface area contributed by atoms with Gasteiger partial charge in [-0.05, 0) is 30.7 Å². The standard InChI is InChI=1S/C18H19BrN6O/c1-12-20-21-16-7-8-17(22-25(12)16)24-10-14(11-24)23(2)18(26)9-13-5-3-4-6-15(13)19/h3-8,14H,9-11H2,1-2H3. The summed E-state index contributed by atoms with van der Waals surface area (Å²) in [5, 5.41) is 12.7. The Labute approximate surface area is 159 Å². The average molecular weight is 415 g/mol. The van der Waals surface area contributed by atoms with Gasteiger partial charge in [0.1, 0.15) is 5.82 Å². The Bertz CT molecular complexity index is 965. The Morgan fingerprint density at radius 2 is 2.00 bits per heavy atom. The molecule has 1 aromatic carbocycles. The van der Waals surface area contributed by atoms with E-state index < -0.39 is 0 Å². The molecule has 1 amide bonds. The second-order valence-corrected chi connectivity index (χ2v) is 7.39. The fraction of sp³-hybridized carbons (Fsp3) is 0.333. The highest BCUT2D eigenvalue weighted by Crippen LogP contribution is 2.23. The maximum atomic E-state index is 12.6. The van der Waals surface area contributed by atoms with Gasteiger partial charge in [0.15, 0.2) is 11.5 Å². The molecule has 0 aliphatic carbocycles. The number of likely N-dealkylation sites (N-methyl/N-ethyl adjacent to an activating group) is 1. The monoisotopic (exact) mass is 414 g/mol. The molecule has 8 heteroatoms. The van der Waals surface area contributed by atoms with Crippen LogP contribution < -0.4 is 4.90 Å². The van der Waals surface area contributed by atoms with E-state index in [1.165, 1.54) is 0 Å². The lowest BCUT2D eigenvalue weighted by atomic mass is 10.1. The van der Waals surface area contributed by atoms with Crippen molar-refractivity contribution in [3.8, 4) is 0 Å². The van der Waals surface area contributed by atoms with Gasteiger partial charge >= 0.3 is 0 Å². The van der Waals surface area contributed by atoms with E-state index in [0.717, 1.165) is 40.4 Å². The Morgan fingerprint density at radius 1 is 1.23 bits per heavy atom. The average Bonchev–Trinajstić information content (AvgIpc) is 2.96. The molecule has 1 aliphatic rings. The molecule has 0 saturated carbocycles. The zero-order valence-corrected chi connectivity index (χ0v) is 16.2. The van der Waals surface area contributed by atoms with Crippen LogP contribution in [0.25, 0.3) is 5.65 Å². The molecule has 0 radical (unpaired) electrons. The molecular formula is C18H19BrN6O. The first-order valence-electron chi connectivity index (χ1n) is 8.46. The van der Waals surface area contributed by atoms with Crippen molar-refractivity contribution in [1.29, 1.82) is 0 Å². The van der Waals surface area contributed by atoms with Gasteiger partial charge in [0.2, 0.25) is 5.91 Å². The van der Waals surface area contributed by atoms with Crippen molar-refractivity contribution in [3.05, 3.63) is 52.3 Å². The number of carbonyl (C=O) groups excluding carboxylic acids is 1. The molecule has 26 heavy (non-hydrogen) atoms. The van der Waals surface area contributed by atoms with Crippen LogP contribution in [-0.2, 0) is 11.2 Å². The summed E-state index contributed by atoms with van der Waals surface area (Å²) in [5.41, 5.74) is 1.75. The van der Waals surface area contributed by atoms with Crippen LogP contribution in [0.1, 0.15) is 11.4 Å². The number of aromatic nitrogens is 4. The minimum atomic E-state index is 0.125. The van der Waals surface area contributed by atoms with E-state index in [9.17, 15) is 4.79 Å². The first kappa shape index (κ1) is 17.0. The van der Waals surface area contributed by atoms with Gasteiger partial charge in [-0.15, -0.1) is 15.3 Å². The van der Waals surface area contributed by atoms with Crippen molar-refractivity contribution in [1.82, 2.24) is 24.7 Å². The first-order chi connectivity index (χ1) is 12.5. The molecule has 7 nitrogen and oxygen atoms in total. The van der Waals surface area contributed by atoms with Crippen LogP contribution >= 0.6 is 15.9 Å². The van der Waals surface area contributed by atoms with Crippen LogP contribution in [0.2, 0.25) is 0 Å². The number of halogens is 1. The third-order valence-corrected chi connectivity index (χ3v) is 5.61. The zero-order valence-electron chi connectivity index (χ0n) is 14.6. The highest BCUT2D eigenvalue weighted by molar-refractivity contribution is 9.10. The quantitative estimate of drug-likeness (QED) is 0.653. The third-order valence-electron chi connectivity index (χ3n) is 4.83. The topological polar surface area (TPSA) is 66.6 Å². The molecule has 1 fully saturated rings. The van der Waals surface area contributed by atoms with Crippen molar-refractivity contribution in [2.45, 2.75) is 19.4 Å². The van der Waals surface area contributed by atoms with E-state index in [-0.39, 0.29) is 11.9 Å². The van der Waals surface area contributed by atoms with Crippen LogP contribution in [0.15, 0.2) is 40.9 Å². The van der Waals surface area contributed by atoms with Crippen molar-refractivity contribution in [3.63, 3.8) is 0 Å². The Balaban J connectivity index is 1.39. The van der Waals surface area contributed by atoms with E-state index in [2.05, 4.69) is 36.1 Å². The molecule has 1 saturated heterocycles. The number of nitrogens with zero attached hydrogens (tertiary/aromatic N) is 6. The number of hydrogen-bond acceptors (Lipinski definition) is 5. The van der Waals surface area contributed by atoms with E-state index in [1.807, 2.05) is 55.3 Å². The van der Waals surface area contributed by atoms with Crippen LogP contribution in [0.5, 0.6) is 0 Å². The van der Waals surface area contributed by atoms with Crippen LogP contribution in [0.4, 0.5) is 5.82 Å². The largest absolute Gasteiger partial charge is 0.351 e. The van der Waals surface area contributed by atoms with Gasteiger partial charge in [-0.3, -0.25) is 4.79 Å². The van der Waals surface area contributed by atoms with E-state index in [4.69, 9.17) is 0 Å². The van der Waals surface area contributed by atoms with Crippen LogP contribution in [0, 0.1) is 6.92 Å². The maximum Gasteiger partial charge on any atom is 0.227 e. The second kappa shape index (κ2) is 6.68. The van der Waals surface area contributed by atoms with Crippen molar-refractivity contribution in [2.24, 2.45) is 0 Å². The lowest BCUT2D eigenvalue weighted by molar-refractivity contribution is -0.131. The molecule has 3 aromatic rings. The molecular weight excluding hydrogens is 396 g/mol. The van der Waals surface area contributed by atoms with Crippen LogP contribution in [-0.4, -0.2) is 56.8 Å². The molecule has 134 valence electrons. The maximum absolute atomic E-state index is 12.6. The number of hydrogen-bond donors (Lipinski definition) is 0. The van der Waals surface area contributed by atoms with Crippen LogP contribution in [0.3, 0.4) is 0 Å². The van der Waals surface area contributed by atoms with Crippen molar-refractivity contribution in [2.75, 3.05) is 25.0 Å². The molecule has 4 rings (SSSR count). The molecule has 0 unspecified atom stereocenters. The van der Waals surface area contributed by atoms with E-state index in [0.29, 0.717) is 6.42 Å². The van der Waals surface area contributed by atoms with Crippen molar-refractivity contribution < 1.29 is 4.79 Å². The molecule has 3 heterocycles. The summed E-state index contributed by atoms with van der Waals surface area (Å²) in [6.07, 6.45) is 0.401. The number of aryl methyl sites for hydroxylation is 1. The van der Waals surface area contributed by atoms with E-state index in [1.54, 1.807) is 4.52 Å². The Kier molecular flexibility index (Phi) is 4.36. The second-order valence-electron chi connectivity index (χ2n) is 6.54. The highest BCUT2D eigenvalue weighted by atomic mass is 79.9. The highest BCUT2D eigenvalue weighted by Gasteiger charge is 2.33. The summed E-state index contributed by atoms with van der Waals surface area (Å²) < 4.78 is 2.71. The Morgan fingerprint density at radius 3 is 2.77 bits per heavy atom. The third kappa shape index (κ3) is 3.05. The summed E-state index contributed by atoms with van der Waals surface area (Å²) in [6, 6.07) is 11.9. The normalized spacial score (nSPS) is 14.5. The summed E-state index contributed by atoms with van der Waals surface area (Å²) >= 11 is 3.50. The summed E-state index contributed by atoms with van der Waals surface area (Å²) in [7, 11) is 1.88. The first-order valence-corrected chi connectivity index (χ1v) is 9.25. The lowest BCUT2D eigenvalue weighted by Gasteiger charge is -2.44. The summed E-state index contributed by atoms with van der Waals surface area (Å²) in [4.78, 5) is 16.6. The fourth-order valence-corrected chi connectivity index (χ4v) is 3.50. The summed E-state index contributed by atoms with van der Waals surface area (Å²) in [5.74, 6) is 1.77. The number of benzene rings is 1. The van der Waals surface area contributed by atoms with Crippen molar-refractivity contribution >= 4 is 33.3 Å². The molecule has 0 atom stereocenters. The molecule has 0 N–H and O–H groups in total. The van der Waals surface area contributed by atoms with Gasteiger partial charge in [-0.25, -0.2) is 0 Å². The van der Waals surface area contributed by atoms with Gasteiger partial charge < -0.3 is 9.80 Å². The number of anilines is 1.